The van der Waals surface area contributed by atoms with Gasteiger partial charge in [-0.05, 0) is 55.5 Å². The maximum atomic E-state index is 9.79. The van der Waals surface area contributed by atoms with Gasteiger partial charge in [0.05, 0.1) is 0 Å². The minimum Gasteiger partial charge on any atom is -0.508 e. The Bertz CT molecular complexity index is 370. The minimum absolute atomic E-state index is 0.202. The highest BCUT2D eigenvalue weighted by atomic mass is 16.3. The number of rotatable bonds is 3. The van der Waals surface area contributed by atoms with Crippen molar-refractivity contribution in [3.63, 3.8) is 0 Å². The molecule has 88 valence electrons. The molecule has 1 aliphatic heterocycles. The van der Waals surface area contributed by atoms with Crippen LogP contribution in [0, 0.1) is 5.92 Å². The van der Waals surface area contributed by atoms with E-state index in [4.69, 9.17) is 0 Å². The number of hydrogen-bond donors (Lipinski definition) is 3. The summed E-state index contributed by atoms with van der Waals surface area (Å²) in [4.78, 5) is 0. The molecule has 0 spiro atoms. The average molecular weight is 221 g/mol. The highest BCUT2D eigenvalue weighted by Gasteiger charge is 2.17. The summed E-state index contributed by atoms with van der Waals surface area (Å²) in [5.41, 5.74) is 1.88. The second-order valence-electron chi connectivity index (χ2n) is 4.53. The van der Waals surface area contributed by atoms with Crippen LogP contribution in [-0.2, 0) is 12.8 Å². The Morgan fingerprint density at radius 1 is 1.25 bits per heavy atom. The molecule has 1 atom stereocenters. The van der Waals surface area contributed by atoms with Gasteiger partial charge < -0.3 is 15.5 Å². The van der Waals surface area contributed by atoms with Crippen LogP contribution in [0.25, 0.3) is 0 Å². The van der Waals surface area contributed by atoms with Gasteiger partial charge in [-0.2, -0.15) is 0 Å². The minimum atomic E-state index is 0.202. The van der Waals surface area contributed by atoms with Gasteiger partial charge in [-0.1, -0.05) is 6.92 Å². The molecule has 1 aliphatic rings. The smallest absolute Gasteiger partial charge is 0.122 e. The molecule has 3 N–H and O–H groups in total. The largest absolute Gasteiger partial charge is 0.508 e. The van der Waals surface area contributed by atoms with Crippen molar-refractivity contribution in [2.75, 3.05) is 13.1 Å². The molecule has 1 unspecified atom stereocenters. The summed E-state index contributed by atoms with van der Waals surface area (Å²) in [7, 11) is 0. The Balaban J connectivity index is 2.18. The van der Waals surface area contributed by atoms with Crippen LogP contribution in [0.1, 0.15) is 24.5 Å². The van der Waals surface area contributed by atoms with Crippen LogP contribution in [-0.4, -0.2) is 23.3 Å². The Morgan fingerprint density at radius 2 is 2.00 bits per heavy atom. The maximum absolute atomic E-state index is 9.79. The first-order chi connectivity index (χ1) is 7.70. The molecular formula is C13H19NO2. The summed E-state index contributed by atoms with van der Waals surface area (Å²) in [5.74, 6) is 1.04. The highest BCUT2D eigenvalue weighted by molar-refractivity contribution is 5.45. The predicted molar refractivity (Wildman–Crippen MR) is 63.8 cm³/mol. The fourth-order valence-electron chi connectivity index (χ4n) is 2.32. The number of aromatic hydroxyl groups is 2. The Kier molecular flexibility index (Phi) is 3.34. The number of benzene rings is 1. The van der Waals surface area contributed by atoms with Gasteiger partial charge >= 0.3 is 0 Å². The number of aryl methyl sites for hydroxylation is 1. The van der Waals surface area contributed by atoms with Crippen molar-refractivity contribution in [2.45, 2.75) is 26.2 Å². The zero-order chi connectivity index (χ0) is 11.5. The van der Waals surface area contributed by atoms with Gasteiger partial charge in [0.15, 0.2) is 0 Å². The summed E-state index contributed by atoms with van der Waals surface area (Å²) in [6.45, 7) is 4.11. The van der Waals surface area contributed by atoms with Gasteiger partial charge in [0.25, 0.3) is 0 Å². The third-order valence-electron chi connectivity index (χ3n) is 3.33. The first kappa shape index (κ1) is 11.3. The van der Waals surface area contributed by atoms with E-state index in [-0.39, 0.29) is 11.5 Å². The van der Waals surface area contributed by atoms with Crippen LogP contribution in [0.5, 0.6) is 11.5 Å². The second kappa shape index (κ2) is 4.74. The quantitative estimate of drug-likeness (QED) is 0.729. The van der Waals surface area contributed by atoms with Crippen molar-refractivity contribution in [1.82, 2.24) is 5.32 Å². The SMILES string of the molecule is CCc1cc(CC2CCNC2)c(O)cc1O. The molecule has 1 fully saturated rings. The third-order valence-corrected chi connectivity index (χ3v) is 3.33. The monoisotopic (exact) mass is 221 g/mol. The van der Waals surface area contributed by atoms with Gasteiger partial charge in [-0.25, -0.2) is 0 Å². The molecule has 2 rings (SSSR count). The summed E-state index contributed by atoms with van der Waals surface area (Å²) in [5, 5.41) is 22.7. The van der Waals surface area contributed by atoms with E-state index < -0.39 is 0 Å². The molecule has 1 heterocycles. The third kappa shape index (κ3) is 2.30. The van der Waals surface area contributed by atoms with Crippen molar-refractivity contribution in [1.29, 1.82) is 0 Å². The van der Waals surface area contributed by atoms with E-state index in [9.17, 15) is 10.2 Å². The molecular weight excluding hydrogens is 202 g/mol. The van der Waals surface area contributed by atoms with Crippen LogP contribution >= 0.6 is 0 Å². The van der Waals surface area contributed by atoms with Gasteiger partial charge in [0.2, 0.25) is 0 Å². The number of nitrogens with one attached hydrogen (secondary N) is 1. The Morgan fingerprint density at radius 3 is 2.62 bits per heavy atom. The molecule has 0 amide bonds. The van der Waals surface area contributed by atoms with Gasteiger partial charge in [0.1, 0.15) is 11.5 Å². The van der Waals surface area contributed by atoms with Crippen LogP contribution < -0.4 is 5.32 Å². The van der Waals surface area contributed by atoms with E-state index in [0.717, 1.165) is 37.1 Å². The van der Waals surface area contributed by atoms with Crippen LogP contribution in [0.2, 0.25) is 0 Å². The van der Waals surface area contributed by atoms with E-state index in [1.54, 1.807) is 0 Å². The normalized spacial score (nSPS) is 20.2. The average Bonchev–Trinajstić information content (AvgIpc) is 2.75. The lowest BCUT2D eigenvalue weighted by atomic mass is 9.95. The molecule has 1 saturated heterocycles. The first-order valence-electron chi connectivity index (χ1n) is 5.95. The van der Waals surface area contributed by atoms with Gasteiger partial charge in [-0.3, -0.25) is 0 Å². The van der Waals surface area contributed by atoms with E-state index >= 15 is 0 Å². The van der Waals surface area contributed by atoms with Crippen molar-refractivity contribution in [2.24, 2.45) is 5.92 Å². The topological polar surface area (TPSA) is 52.5 Å². The Hall–Kier alpha value is -1.22. The molecule has 16 heavy (non-hydrogen) atoms. The standard InChI is InChI=1S/C13H19NO2/c1-2-10-6-11(13(16)7-12(10)15)5-9-3-4-14-8-9/h6-7,9,14-16H,2-5,8H2,1H3. The second-order valence-corrected chi connectivity index (χ2v) is 4.53. The van der Waals surface area contributed by atoms with Crippen molar-refractivity contribution in [3.8, 4) is 11.5 Å². The molecule has 1 aromatic rings. The van der Waals surface area contributed by atoms with Crippen molar-refractivity contribution >= 4 is 0 Å². The first-order valence-corrected chi connectivity index (χ1v) is 5.95. The molecule has 0 aliphatic carbocycles. The zero-order valence-corrected chi connectivity index (χ0v) is 9.66. The van der Waals surface area contributed by atoms with Crippen LogP contribution in [0.15, 0.2) is 12.1 Å². The predicted octanol–water partition coefficient (Wildman–Crippen LogP) is 1.81. The molecule has 1 aromatic carbocycles. The van der Waals surface area contributed by atoms with Crippen LogP contribution in [0.4, 0.5) is 0 Å². The molecule has 0 radical (unpaired) electrons. The number of phenolic OH excluding ortho intramolecular Hbond substituents is 2. The fourth-order valence-corrected chi connectivity index (χ4v) is 2.32. The number of phenols is 2. The summed E-state index contributed by atoms with van der Waals surface area (Å²) < 4.78 is 0. The highest BCUT2D eigenvalue weighted by Crippen LogP contribution is 2.30. The lowest BCUT2D eigenvalue weighted by molar-refractivity contribution is 0.437. The lowest BCUT2D eigenvalue weighted by Crippen LogP contribution is -2.11. The van der Waals surface area contributed by atoms with E-state index in [1.807, 2.05) is 13.0 Å². The Labute approximate surface area is 96.1 Å². The molecule has 0 bridgehead atoms. The maximum Gasteiger partial charge on any atom is 0.122 e. The lowest BCUT2D eigenvalue weighted by Gasteiger charge is -2.12. The van der Waals surface area contributed by atoms with Crippen LogP contribution in [0.3, 0.4) is 0 Å². The fraction of sp³-hybridized carbons (Fsp3) is 0.538. The van der Waals surface area contributed by atoms with Crippen molar-refractivity contribution in [3.05, 3.63) is 23.3 Å². The number of hydrogen-bond acceptors (Lipinski definition) is 3. The van der Waals surface area contributed by atoms with E-state index in [1.165, 1.54) is 12.5 Å². The summed E-state index contributed by atoms with van der Waals surface area (Å²) in [6, 6.07) is 3.40. The summed E-state index contributed by atoms with van der Waals surface area (Å²) >= 11 is 0. The molecule has 0 saturated carbocycles. The van der Waals surface area contributed by atoms with Gasteiger partial charge in [0, 0.05) is 6.07 Å². The van der Waals surface area contributed by atoms with E-state index in [0.29, 0.717) is 5.92 Å². The molecule has 3 nitrogen and oxygen atoms in total. The van der Waals surface area contributed by atoms with E-state index in [2.05, 4.69) is 5.32 Å². The van der Waals surface area contributed by atoms with Gasteiger partial charge in [-0.15, -0.1) is 0 Å². The molecule has 3 heteroatoms. The summed E-state index contributed by atoms with van der Waals surface area (Å²) in [6.07, 6.45) is 2.86. The molecule has 0 aromatic heterocycles. The zero-order valence-electron chi connectivity index (χ0n) is 9.66. The van der Waals surface area contributed by atoms with Crippen molar-refractivity contribution < 1.29 is 10.2 Å².